The first kappa shape index (κ1) is 14.4. The topological polar surface area (TPSA) is 53.0 Å². The molecule has 7 rings (SSSR count). The average Bonchev–Trinajstić information content (AvgIpc) is 3.51. The highest BCUT2D eigenvalue weighted by Gasteiger charge is 2.54. The molecule has 3 nitrogen and oxygen atoms in total. The molecule has 5 aromatic rings. The van der Waals surface area contributed by atoms with Gasteiger partial charge in [-0.05, 0) is 60.3 Å². The quantitative estimate of drug-likeness (QED) is 0.244. The third-order valence-corrected chi connectivity index (χ3v) is 6.49. The van der Waals surface area contributed by atoms with Crippen LogP contribution in [0.25, 0.3) is 43.1 Å². The predicted octanol–water partition coefficient (Wildman–Crippen LogP) is 4.59. The Morgan fingerprint density at radius 1 is 0.704 bits per heavy atom. The van der Waals surface area contributed by atoms with Crippen molar-refractivity contribution in [1.82, 2.24) is 0 Å². The summed E-state index contributed by atoms with van der Waals surface area (Å²) < 4.78 is 5.82. The normalized spacial score (nSPS) is 26.7. The van der Waals surface area contributed by atoms with Crippen LogP contribution < -0.4 is 0 Å². The monoisotopic (exact) mass is 352 g/mol. The van der Waals surface area contributed by atoms with Crippen LogP contribution in [0.2, 0.25) is 0 Å². The zero-order valence-corrected chi connectivity index (χ0v) is 14.4. The van der Waals surface area contributed by atoms with Gasteiger partial charge in [-0.15, -0.1) is 0 Å². The third-order valence-electron chi connectivity index (χ3n) is 6.49. The van der Waals surface area contributed by atoms with E-state index in [-0.39, 0.29) is 12.2 Å². The molecule has 27 heavy (non-hydrogen) atoms. The van der Waals surface area contributed by atoms with E-state index >= 15 is 0 Å². The molecule has 1 aliphatic carbocycles. The molecule has 2 aliphatic rings. The first-order valence-corrected chi connectivity index (χ1v) is 9.37. The van der Waals surface area contributed by atoms with Crippen LogP contribution in [0.4, 0.5) is 0 Å². The predicted molar refractivity (Wildman–Crippen MR) is 106 cm³/mol. The summed E-state index contributed by atoms with van der Waals surface area (Å²) in [5.41, 5.74) is 1.86. The van der Waals surface area contributed by atoms with Crippen LogP contribution in [0.5, 0.6) is 0 Å². The fraction of sp³-hybridized carbons (Fsp3) is 0.167. The van der Waals surface area contributed by atoms with E-state index in [1.165, 1.54) is 37.7 Å². The van der Waals surface area contributed by atoms with Gasteiger partial charge in [-0.2, -0.15) is 0 Å². The van der Waals surface area contributed by atoms with Gasteiger partial charge in [0.15, 0.2) is 0 Å². The summed E-state index contributed by atoms with van der Waals surface area (Å²) in [4.78, 5) is 0. The Labute approximate surface area is 154 Å². The van der Waals surface area contributed by atoms with Gasteiger partial charge in [0, 0.05) is 0 Å². The Kier molecular flexibility index (Phi) is 2.43. The Morgan fingerprint density at radius 3 is 2.33 bits per heavy atom. The van der Waals surface area contributed by atoms with Crippen molar-refractivity contribution in [2.75, 3.05) is 0 Å². The minimum absolute atomic E-state index is 0.133. The fourth-order valence-electron chi connectivity index (χ4n) is 5.28. The summed E-state index contributed by atoms with van der Waals surface area (Å²) in [5.74, 6) is 0. The van der Waals surface area contributed by atoms with E-state index in [0.717, 1.165) is 16.5 Å². The number of aliphatic hydroxyl groups is 2. The van der Waals surface area contributed by atoms with Crippen molar-refractivity contribution in [3.63, 3.8) is 0 Å². The molecule has 0 bridgehead atoms. The van der Waals surface area contributed by atoms with Gasteiger partial charge in [0.1, 0.15) is 24.4 Å². The number of ether oxygens (including phenoxy) is 1. The van der Waals surface area contributed by atoms with Gasteiger partial charge in [0.25, 0.3) is 0 Å². The van der Waals surface area contributed by atoms with E-state index in [1.807, 2.05) is 6.07 Å². The number of rotatable bonds is 0. The first-order chi connectivity index (χ1) is 13.2. The lowest BCUT2D eigenvalue weighted by Gasteiger charge is -2.26. The summed E-state index contributed by atoms with van der Waals surface area (Å²) in [6.07, 6.45) is -2.21. The number of benzene rings is 5. The lowest BCUT2D eigenvalue weighted by Crippen LogP contribution is -2.29. The minimum atomic E-state index is -0.913. The van der Waals surface area contributed by atoms with Gasteiger partial charge in [0.05, 0.1) is 0 Å². The Bertz CT molecular complexity index is 1400. The van der Waals surface area contributed by atoms with Crippen molar-refractivity contribution in [1.29, 1.82) is 0 Å². The van der Waals surface area contributed by atoms with E-state index in [1.54, 1.807) is 0 Å². The second-order valence-electron chi connectivity index (χ2n) is 7.82. The van der Waals surface area contributed by atoms with Crippen molar-refractivity contribution < 1.29 is 14.9 Å². The van der Waals surface area contributed by atoms with Crippen LogP contribution in [0, 0.1) is 0 Å². The molecule has 0 aromatic heterocycles. The van der Waals surface area contributed by atoms with Gasteiger partial charge >= 0.3 is 0 Å². The number of aliphatic hydroxyl groups excluding tert-OH is 2. The summed E-state index contributed by atoms with van der Waals surface area (Å²) in [6.45, 7) is 0. The second kappa shape index (κ2) is 4.57. The molecule has 1 heterocycles. The SMILES string of the molecule is O[C@H]1[C@@H]2O[C@@H]2c2c(cc3ccc4cccc5c6ccccc6c2c3c45)[C@H]1O. The van der Waals surface area contributed by atoms with Crippen molar-refractivity contribution in [2.24, 2.45) is 0 Å². The first-order valence-electron chi connectivity index (χ1n) is 9.37. The van der Waals surface area contributed by atoms with Gasteiger partial charge in [-0.25, -0.2) is 0 Å². The molecular weight excluding hydrogens is 336 g/mol. The van der Waals surface area contributed by atoms with Crippen LogP contribution in [0.3, 0.4) is 0 Å². The summed E-state index contributed by atoms with van der Waals surface area (Å²) in [6, 6.07) is 21.3. The third kappa shape index (κ3) is 1.60. The molecule has 0 spiro atoms. The molecule has 0 unspecified atom stereocenters. The maximum atomic E-state index is 10.8. The molecule has 2 N–H and O–H groups in total. The molecule has 0 amide bonds. The van der Waals surface area contributed by atoms with E-state index in [9.17, 15) is 10.2 Å². The van der Waals surface area contributed by atoms with Crippen LogP contribution in [0.1, 0.15) is 23.3 Å². The van der Waals surface area contributed by atoms with Gasteiger partial charge in [-0.1, -0.05) is 54.6 Å². The van der Waals surface area contributed by atoms with Gasteiger partial charge < -0.3 is 14.9 Å². The standard InChI is InChI=1S/C24H16O3/c25-21-16-10-12-9-8-11-4-3-7-14-13-5-1-2-6-15(13)19(18(12)17(11)14)20(16)23-24(27-23)22(21)26/h1-10,21-26H/t21-,22-,23-,24+/m1/s1. The highest BCUT2D eigenvalue weighted by molar-refractivity contribution is 6.34. The molecule has 1 fully saturated rings. The average molecular weight is 352 g/mol. The summed E-state index contributed by atoms with van der Waals surface area (Å²) in [7, 11) is 0. The Morgan fingerprint density at radius 2 is 1.44 bits per heavy atom. The van der Waals surface area contributed by atoms with Crippen molar-refractivity contribution >= 4 is 43.1 Å². The Balaban J connectivity index is 1.84. The number of hydrogen-bond donors (Lipinski definition) is 2. The fourth-order valence-corrected chi connectivity index (χ4v) is 5.28. The number of epoxide rings is 1. The van der Waals surface area contributed by atoms with Crippen LogP contribution >= 0.6 is 0 Å². The number of fused-ring (bicyclic) bond motifs is 7. The Hall–Kier alpha value is -2.72. The molecule has 130 valence electrons. The lowest BCUT2D eigenvalue weighted by atomic mass is 9.79. The molecule has 1 aliphatic heterocycles. The summed E-state index contributed by atoms with van der Waals surface area (Å²) >= 11 is 0. The minimum Gasteiger partial charge on any atom is -0.387 e. The highest BCUT2D eigenvalue weighted by Crippen LogP contribution is 2.55. The van der Waals surface area contributed by atoms with E-state index in [0.29, 0.717) is 0 Å². The molecule has 3 heteroatoms. The number of hydrogen-bond acceptors (Lipinski definition) is 3. The smallest absolute Gasteiger partial charge is 0.118 e. The summed E-state index contributed by atoms with van der Waals surface area (Å²) in [5, 5.41) is 30.8. The molecule has 0 radical (unpaired) electrons. The van der Waals surface area contributed by atoms with Crippen LogP contribution in [0.15, 0.2) is 60.7 Å². The zero-order valence-electron chi connectivity index (χ0n) is 14.4. The zero-order chi connectivity index (χ0) is 17.9. The van der Waals surface area contributed by atoms with Crippen LogP contribution in [-0.4, -0.2) is 22.4 Å². The van der Waals surface area contributed by atoms with Crippen molar-refractivity contribution in [3.8, 4) is 0 Å². The van der Waals surface area contributed by atoms with Crippen LogP contribution in [-0.2, 0) is 4.74 Å². The maximum Gasteiger partial charge on any atom is 0.118 e. The molecular formula is C24H16O3. The van der Waals surface area contributed by atoms with Gasteiger partial charge in [-0.3, -0.25) is 0 Å². The lowest BCUT2D eigenvalue weighted by molar-refractivity contribution is 0.000167. The molecule has 5 aromatic carbocycles. The molecule has 1 saturated heterocycles. The van der Waals surface area contributed by atoms with Gasteiger partial charge in [0.2, 0.25) is 0 Å². The molecule has 4 atom stereocenters. The van der Waals surface area contributed by atoms with E-state index < -0.39 is 12.2 Å². The highest BCUT2D eigenvalue weighted by atomic mass is 16.6. The maximum absolute atomic E-state index is 10.8. The largest absolute Gasteiger partial charge is 0.387 e. The second-order valence-corrected chi connectivity index (χ2v) is 7.82. The molecule has 0 saturated carbocycles. The van der Waals surface area contributed by atoms with E-state index in [2.05, 4.69) is 54.6 Å². The van der Waals surface area contributed by atoms with E-state index in [4.69, 9.17) is 4.74 Å². The van der Waals surface area contributed by atoms with Crippen molar-refractivity contribution in [3.05, 3.63) is 71.8 Å². The van der Waals surface area contributed by atoms with Crippen molar-refractivity contribution in [2.45, 2.75) is 24.4 Å².